The van der Waals surface area contributed by atoms with Crippen LogP contribution < -0.4 is 5.56 Å². The lowest BCUT2D eigenvalue weighted by molar-refractivity contribution is 0.547. The number of nitriles is 2. The third-order valence-corrected chi connectivity index (χ3v) is 5.76. The second-order valence-electron chi connectivity index (χ2n) is 6.51. The van der Waals surface area contributed by atoms with Crippen LogP contribution in [-0.4, -0.2) is 15.3 Å². The SMILES string of the molecule is C[C@@H](c1ccccc1)n1c(SC[C@H](C#N)CCC#N)nc2ccccc2c1=O. The predicted octanol–water partition coefficient (Wildman–Crippen LogP) is 4.54. The molecule has 28 heavy (non-hydrogen) atoms. The summed E-state index contributed by atoms with van der Waals surface area (Å²) >= 11 is 1.40. The van der Waals surface area contributed by atoms with Crippen molar-refractivity contribution in [1.29, 1.82) is 10.5 Å². The highest BCUT2D eigenvalue weighted by Crippen LogP contribution is 2.27. The first-order valence-electron chi connectivity index (χ1n) is 9.11. The summed E-state index contributed by atoms with van der Waals surface area (Å²) in [6.07, 6.45) is 0.864. The van der Waals surface area contributed by atoms with Gasteiger partial charge in [0.05, 0.1) is 35.0 Å². The van der Waals surface area contributed by atoms with Crippen molar-refractivity contribution in [2.75, 3.05) is 5.75 Å². The molecule has 0 radical (unpaired) electrons. The van der Waals surface area contributed by atoms with Crippen LogP contribution in [-0.2, 0) is 0 Å². The lowest BCUT2D eigenvalue weighted by Crippen LogP contribution is -2.27. The Bertz CT molecular complexity index is 1100. The highest BCUT2D eigenvalue weighted by atomic mass is 32.2. The lowest BCUT2D eigenvalue weighted by atomic mass is 10.1. The Hall–Kier alpha value is -3.09. The van der Waals surface area contributed by atoms with Crippen LogP contribution in [0.15, 0.2) is 64.5 Å². The van der Waals surface area contributed by atoms with Crippen molar-refractivity contribution in [3.63, 3.8) is 0 Å². The van der Waals surface area contributed by atoms with Gasteiger partial charge in [0.25, 0.3) is 5.56 Å². The number of rotatable bonds is 7. The van der Waals surface area contributed by atoms with Crippen molar-refractivity contribution < 1.29 is 0 Å². The second-order valence-corrected chi connectivity index (χ2v) is 7.49. The van der Waals surface area contributed by atoms with Crippen molar-refractivity contribution in [3.05, 3.63) is 70.5 Å². The molecule has 0 fully saturated rings. The molecule has 1 aromatic heterocycles. The van der Waals surface area contributed by atoms with Crippen molar-refractivity contribution in [2.24, 2.45) is 5.92 Å². The van der Waals surface area contributed by atoms with E-state index in [9.17, 15) is 10.1 Å². The monoisotopic (exact) mass is 388 g/mol. The fraction of sp³-hybridized carbons (Fsp3) is 0.273. The second kappa shape index (κ2) is 9.21. The standard InChI is InChI=1S/C22H20N4OS/c1-16(18-9-3-2-4-10-18)26-21(27)19-11-5-6-12-20(19)25-22(26)28-15-17(14-24)8-7-13-23/h2-6,9-12,16-17H,7-8,15H2,1H3/t16-,17-/m0/s1. The molecule has 0 aliphatic heterocycles. The largest absolute Gasteiger partial charge is 0.280 e. The van der Waals surface area contributed by atoms with Gasteiger partial charge in [0.15, 0.2) is 5.16 Å². The Labute approximate surface area is 168 Å². The number of aromatic nitrogens is 2. The molecule has 2 aromatic carbocycles. The van der Waals surface area contributed by atoms with Crippen LogP contribution in [0.1, 0.15) is 31.4 Å². The third kappa shape index (κ3) is 4.24. The van der Waals surface area contributed by atoms with Gasteiger partial charge in [-0.25, -0.2) is 4.98 Å². The number of fused-ring (bicyclic) bond motifs is 1. The first-order valence-corrected chi connectivity index (χ1v) is 10.1. The molecule has 140 valence electrons. The van der Waals surface area contributed by atoms with Gasteiger partial charge in [-0.1, -0.05) is 54.2 Å². The Morgan fingerprint density at radius 3 is 2.54 bits per heavy atom. The Morgan fingerprint density at radius 1 is 1.11 bits per heavy atom. The van der Waals surface area contributed by atoms with Crippen LogP contribution in [0.5, 0.6) is 0 Å². The van der Waals surface area contributed by atoms with Gasteiger partial charge in [0.2, 0.25) is 0 Å². The zero-order chi connectivity index (χ0) is 19.9. The fourth-order valence-corrected chi connectivity index (χ4v) is 4.18. The van der Waals surface area contributed by atoms with E-state index in [-0.39, 0.29) is 17.5 Å². The smallest absolute Gasteiger partial charge is 0.262 e. The third-order valence-electron chi connectivity index (χ3n) is 4.65. The van der Waals surface area contributed by atoms with E-state index in [2.05, 4.69) is 12.1 Å². The van der Waals surface area contributed by atoms with Crippen molar-refractivity contribution in [2.45, 2.75) is 31.0 Å². The number of thioether (sulfide) groups is 1. The summed E-state index contributed by atoms with van der Waals surface area (Å²) in [7, 11) is 0. The van der Waals surface area contributed by atoms with Crippen LogP contribution in [0, 0.1) is 28.6 Å². The molecule has 0 N–H and O–H groups in total. The Morgan fingerprint density at radius 2 is 1.82 bits per heavy atom. The molecule has 0 aliphatic rings. The average molecular weight is 388 g/mol. The molecular formula is C22H20N4OS. The van der Waals surface area contributed by atoms with E-state index in [1.165, 1.54) is 11.8 Å². The molecule has 0 saturated carbocycles. The lowest BCUT2D eigenvalue weighted by Gasteiger charge is -2.20. The van der Waals surface area contributed by atoms with E-state index in [0.29, 0.717) is 34.7 Å². The normalized spacial score (nSPS) is 12.8. The van der Waals surface area contributed by atoms with E-state index in [0.717, 1.165) is 5.56 Å². The van der Waals surface area contributed by atoms with Gasteiger partial charge in [-0.2, -0.15) is 10.5 Å². The van der Waals surface area contributed by atoms with Crippen LogP contribution in [0.3, 0.4) is 0 Å². The van der Waals surface area contributed by atoms with E-state index in [4.69, 9.17) is 10.2 Å². The summed E-state index contributed by atoms with van der Waals surface area (Å²) < 4.78 is 1.71. The molecule has 1 heterocycles. The summed E-state index contributed by atoms with van der Waals surface area (Å²) in [6, 6.07) is 21.3. The zero-order valence-corrected chi connectivity index (χ0v) is 16.4. The first-order chi connectivity index (χ1) is 13.7. The van der Waals surface area contributed by atoms with Crippen LogP contribution >= 0.6 is 11.8 Å². The number of nitrogens with zero attached hydrogens (tertiary/aromatic N) is 4. The maximum absolute atomic E-state index is 13.3. The Kier molecular flexibility index (Phi) is 6.47. The van der Waals surface area contributed by atoms with E-state index >= 15 is 0 Å². The number of hydrogen-bond acceptors (Lipinski definition) is 5. The fourth-order valence-electron chi connectivity index (χ4n) is 3.05. The van der Waals surface area contributed by atoms with Gasteiger partial charge >= 0.3 is 0 Å². The summed E-state index contributed by atoms with van der Waals surface area (Å²) in [5, 5.41) is 19.3. The molecule has 0 bridgehead atoms. The minimum absolute atomic E-state index is 0.0880. The summed E-state index contributed by atoms with van der Waals surface area (Å²) in [6.45, 7) is 1.98. The van der Waals surface area contributed by atoms with Gasteiger partial charge in [-0.3, -0.25) is 9.36 Å². The number of benzene rings is 2. The molecule has 0 aliphatic carbocycles. The average Bonchev–Trinajstić information content (AvgIpc) is 2.74. The van der Waals surface area contributed by atoms with Gasteiger partial charge in [0.1, 0.15) is 0 Å². The molecule has 0 amide bonds. The minimum atomic E-state index is -0.256. The molecule has 3 rings (SSSR count). The predicted molar refractivity (Wildman–Crippen MR) is 111 cm³/mol. The van der Waals surface area contributed by atoms with Crippen molar-refractivity contribution >= 4 is 22.7 Å². The molecular weight excluding hydrogens is 368 g/mol. The summed E-state index contributed by atoms with van der Waals surface area (Å²) in [5.74, 6) is 0.235. The molecule has 6 heteroatoms. The summed E-state index contributed by atoms with van der Waals surface area (Å²) in [5.41, 5.74) is 1.58. The van der Waals surface area contributed by atoms with E-state index < -0.39 is 0 Å². The van der Waals surface area contributed by atoms with Crippen LogP contribution in [0.25, 0.3) is 10.9 Å². The van der Waals surface area contributed by atoms with Crippen LogP contribution in [0.2, 0.25) is 0 Å². The first kappa shape index (κ1) is 19.7. The highest BCUT2D eigenvalue weighted by molar-refractivity contribution is 7.99. The number of para-hydroxylation sites is 1. The van der Waals surface area contributed by atoms with E-state index in [1.807, 2.05) is 55.5 Å². The van der Waals surface area contributed by atoms with Gasteiger partial charge in [-0.15, -0.1) is 0 Å². The van der Waals surface area contributed by atoms with Gasteiger partial charge < -0.3 is 0 Å². The van der Waals surface area contributed by atoms with Crippen LogP contribution in [0.4, 0.5) is 0 Å². The quantitative estimate of drug-likeness (QED) is 0.438. The van der Waals surface area contributed by atoms with E-state index in [1.54, 1.807) is 10.6 Å². The zero-order valence-electron chi connectivity index (χ0n) is 15.6. The van der Waals surface area contributed by atoms with Gasteiger partial charge in [0, 0.05) is 12.2 Å². The van der Waals surface area contributed by atoms with Crippen molar-refractivity contribution in [1.82, 2.24) is 9.55 Å². The molecule has 5 nitrogen and oxygen atoms in total. The molecule has 0 spiro atoms. The van der Waals surface area contributed by atoms with Gasteiger partial charge in [-0.05, 0) is 31.0 Å². The number of hydrogen-bond donors (Lipinski definition) is 0. The maximum Gasteiger partial charge on any atom is 0.262 e. The summed E-state index contributed by atoms with van der Waals surface area (Å²) in [4.78, 5) is 18.0. The minimum Gasteiger partial charge on any atom is -0.280 e. The van der Waals surface area contributed by atoms with Crippen molar-refractivity contribution in [3.8, 4) is 12.1 Å². The topological polar surface area (TPSA) is 82.5 Å². The maximum atomic E-state index is 13.3. The molecule has 0 unspecified atom stereocenters. The Balaban J connectivity index is 2.04. The highest BCUT2D eigenvalue weighted by Gasteiger charge is 2.19. The molecule has 2 atom stereocenters. The molecule has 0 saturated heterocycles. The molecule has 3 aromatic rings.